The normalized spacial score (nSPS) is 10.3. The lowest BCUT2D eigenvalue weighted by Gasteiger charge is -2.16. The first-order valence-electron chi connectivity index (χ1n) is 7.22. The second-order valence-corrected chi connectivity index (χ2v) is 5.73. The third-order valence-electron chi connectivity index (χ3n) is 3.29. The molecular weight excluding hydrogens is 353 g/mol. The number of methoxy groups -OCH3 is 1. The molecule has 0 saturated heterocycles. The smallest absolute Gasteiger partial charge is 0.337 e. The third-order valence-corrected chi connectivity index (χ3v) is 3.82. The van der Waals surface area contributed by atoms with E-state index in [0.29, 0.717) is 35.4 Å². The number of carbonyl (C=O) groups is 1. The number of ether oxygens (including phenoxy) is 2. The van der Waals surface area contributed by atoms with E-state index < -0.39 is 5.97 Å². The number of carboxylic acids is 1. The summed E-state index contributed by atoms with van der Waals surface area (Å²) in [5, 5.41) is 12.9. The Kier molecular flexibility index (Phi) is 6.17. The first-order valence-corrected chi connectivity index (χ1v) is 7.97. The number of nitrogens with one attached hydrogen (secondary N) is 1. The van der Waals surface area contributed by atoms with Gasteiger partial charge in [0, 0.05) is 28.9 Å². The molecule has 24 heavy (non-hydrogen) atoms. The minimum Gasteiger partial charge on any atom is -0.493 e. The van der Waals surface area contributed by atoms with Crippen molar-refractivity contribution in [3.63, 3.8) is 0 Å². The Balaban J connectivity index is 2.24. The highest BCUT2D eigenvalue weighted by molar-refractivity contribution is 6.33. The van der Waals surface area contributed by atoms with Crippen LogP contribution in [0.2, 0.25) is 10.0 Å². The van der Waals surface area contributed by atoms with E-state index in [2.05, 4.69) is 5.32 Å². The van der Waals surface area contributed by atoms with E-state index in [1.807, 2.05) is 6.92 Å². The molecular formula is C17H17Cl2NO4. The van der Waals surface area contributed by atoms with Crippen molar-refractivity contribution in [1.29, 1.82) is 0 Å². The van der Waals surface area contributed by atoms with Crippen molar-refractivity contribution in [2.24, 2.45) is 0 Å². The maximum Gasteiger partial charge on any atom is 0.337 e. The summed E-state index contributed by atoms with van der Waals surface area (Å²) in [6.07, 6.45) is 0. The van der Waals surface area contributed by atoms with E-state index in [0.717, 1.165) is 5.56 Å². The fourth-order valence-corrected chi connectivity index (χ4v) is 2.70. The van der Waals surface area contributed by atoms with Crippen LogP contribution in [0.15, 0.2) is 30.3 Å². The monoisotopic (exact) mass is 369 g/mol. The molecule has 0 aliphatic carbocycles. The summed E-state index contributed by atoms with van der Waals surface area (Å²) in [5.41, 5.74) is 1.56. The van der Waals surface area contributed by atoms with Crippen molar-refractivity contribution < 1.29 is 19.4 Å². The van der Waals surface area contributed by atoms with Gasteiger partial charge in [-0.05, 0) is 31.2 Å². The number of hydrogen-bond donors (Lipinski definition) is 2. The molecule has 2 rings (SSSR count). The maximum atomic E-state index is 11.0. The maximum absolute atomic E-state index is 11.0. The molecule has 0 saturated carbocycles. The quantitative estimate of drug-likeness (QED) is 0.739. The van der Waals surface area contributed by atoms with Crippen LogP contribution in [0.4, 0.5) is 5.69 Å². The van der Waals surface area contributed by atoms with Gasteiger partial charge in [-0.15, -0.1) is 0 Å². The van der Waals surface area contributed by atoms with Gasteiger partial charge in [-0.2, -0.15) is 0 Å². The van der Waals surface area contributed by atoms with Gasteiger partial charge in [0.1, 0.15) is 0 Å². The van der Waals surface area contributed by atoms with Gasteiger partial charge < -0.3 is 19.9 Å². The van der Waals surface area contributed by atoms with E-state index in [4.69, 9.17) is 37.8 Å². The Labute approximate surface area is 150 Å². The zero-order chi connectivity index (χ0) is 17.7. The predicted octanol–water partition coefficient (Wildman–Crippen LogP) is 4.71. The molecule has 0 heterocycles. The SMILES string of the molecule is CCOc1c(CNc2ccc(C(=O)O)c(Cl)c2)cc(Cl)cc1OC. The molecule has 0 aliphatic heterocycles. The standard InChI is InChI=1S/C17H17Cl2NO4/c1-3-24-16-10(6-11(18)7-15(16)23-2)9-20-12-4-5-13(17(21)22)14(19)8-12/h4-8,20H,3,9H2,1-2H3,(H,21,22). The van der Waals surface area contributed by atoms with E-state index >= 15 is 0 Å². The molecule has 0 spiro atoms. The van der Waals surface area contributed by atoms with Crippen LogP contribution in [-0.4, -0.2) is 24.8 Å². The highest BCUT2D eigenvalue weighted by Crippen LogP contribution is 2.35. The summed E-state index contributed by atoms with van der Waals surface area (Å²) >= 11 is 12.1. The highest BCUT2D eigenvalue weighted by atomic mass is 35.5. The summed E-state index contributed by atoms with van der Waals surface area (Å²) in [5.74, 6) is 0.107. The van der Waals surface area contributed by atoms with Gasteiger partial charge >= 0.3 is 5.97 Å². The van der Waals surface area contributed by atoms with Crippen molar-refractivity contribution in [2.75, 3.05) is 19.0 Å². The number of benzene rings is 2. The molecule has 7 heteroatoms. The van der Waals surface area contributed by atoms with Gasteiger partial charge in [0.05, 0.1) is 24.3 Å². The van der Waals surface area contributed by atoms with Crippen molar-refractivity contribution in [2.45, 2.75) is 13.5 Å². The molecule has 2 N–H and O–H groups in total. The first kappa shape index (κ1) is 18.2. The Bertz CT molecular complexity index is 750. The van der Waals surface area contributed by atoms with Crippen LogP contribution < -0.4 is 14.8 Å². The molecule has 0 atom stereocenters. The Hall–Kier alpha value is -2.11. The molecule has 0 radical (unpaired) electrons. The van der Waals surface area contributed by atoms with Crippen LogP contribution in [0.3, 0.4) is 0 Å². The van der Waals surface area contributed by atoms with Crippen LogP contribution >= 0.6 is 23.2 Å². The Morgan fingerprint density at radius 1 is 1.25 bits per heavy atom. The highest BCUT2D eigenvalue weighted by Gasteiger charge is 2.13. The van der Waals surface area contributed by atoms with E-state index in [9.17, 15) is 4.79 Å². The fraction of sp³-hybridized carbons (Fsp3) is 0.235. The topological polar surface area (TPSA) is 67.8 Å². The fourth-order valence-electron chi connectivity index (χ4n) is 2.21. The van der Waals surface area contributed by atoms with Crippen LogP contribution in [-0.2, 0) is 6.54 Å². The second kappa shape index (κ2) is 8.13. The number of rotatable bonds is 7. The number of aromatic carboxylic acids is 1. The van der Waals surface area contributed by atoms with Gasteiger partial charge in [-0.25, -0.2) is 4.79 Å². The van der Waals surface area contributed by atoms with Crippen LogP contribution in [0.5, 0.6) is 11.5 Å². The molecule has 0 unspecified atom stereocenters. The van der Waals surface area contributed by atoms with Crippen molar-refractivity contribution in [1.82, 2.24) is 0 Å². The Morgan fingerprint density at radius 3 is 2.58 bits per heavy atom. The average Bonchev–Trinajstić information content (AvgIpc) is 2.54. The lowest BCUT2D eigenvalue weighted by Crippen LogP contribution is -2.05. The van der Waals surface area contributed by atoms with Crippen molar-refractivity contribution in [3.8, 4) is 11.5 Å². The molecule has 0 bridgehead atoms. The van der Waals surface area contributed by atoms with Gasteiger partial charge in [-0.1, -0.05) is 23.2 Å². The third kappa shape index (κ3) is 4.24. The van der Waals surface area contributed by atoms with Crippen molar-refractivity contribution in [3.05, 3.63) is 51.5 Å². The minimum atomic E-state index is -1.07. The number of anilines is 1. The summed E-state index contributed by atoms with van der Waals surface area (Å²) in [6.45, 7) is 2.79. The lowest BCUT2D eigenvalue weighted by atomic mass is 10.1. The van der Waals surface area contributed by atoms with Crippen LogP contribution in [0.1, 0.15) is 22.8 Å². The van der Waals surface area contributed by atoms with Crippen LogP contribution in [0, 0.1) is 0 Å². The lowest BCUT2D eigenvalue weighted by molar-refractivity contribution is 0.0697. The minimum absolute atomic E-state index is 0.0571. The molecule has 2 aromatic carbocycles. The molecule has 2 aromatic rings. The largest absolute Gasteiger partial charge is 0.493 e. The van der Waals surface area contributed by atoms with E-state index in [1.165, 1.54) is 6.07 Å². The Morgan fingerprint density at radius 2 is 2.00 bits per heavy atom. The average molecular weight is 370 g/mol. The second-order valence-electron chi connectivity index (χ2n) is 4.88. The summed E-state index contributed by atoms with van der Waals surface area (Å²) in [4.78, 5) is 11.0. The van der Waals surface area contributed by atoms with E-state index in [1.54, 1.807) is 31.4 Å². The molecule has 0 aromatic heterocycles. The molecule has 0 aliphatic rings. The zero-order valence-corrected chi connectivity index (χ0v) is 14.7. The molecule has 128 valence electrons. The van der Waals surface area contributed by atoms with Crippen molar-refractivity contribution >= 4 is 34.9 Å². The molecule has 5 nitrogen and oxygen atoms in total. The zero-order valence-electron chi connectivity index (χ0n) is 13.2. The van der Waals surface area contributed by atoms with Gasteiger partial charge in [0.2, 0.25) is 0 Å². The van der Waals surface area contributed by atoms with Gasteiger partial charge in [0.15, 0.2) is 11.5 Å². The summed E-state index contributed by atoms with van der Waals surface area (Å²) in [6, 6.07) is 8.14. The number of halogens is 2. The molecule has 0 amide bonds. The van der Waals surface area contributed by atoms with Crippen LogP contribution in [0.25, 0.3) is 0 Å². The first-order chi connectivity index (χ1) is 11.5. The van der Waals surface area contributed by atoms with Gasteiger partial charge in [0.25, 0.3) is 0 Å². The summed E-state index contributed by atoms with van der Waals surface area (Å²) in [7, 11) is 1.55. The predicted molar refractivity (Wildman–Crippen MR) is 94.9 cm³/mol. The summed E-state index contributed by atoms with van der Waals surface area (Å²) < 4.78 is 11.0. The molecule has 0 fully saturated rings. The number of carboxylic acid groups (broad SMARTS) is 1. The van der Waals surface area contributed by atoms with E-state index in [-0.39, 0.29) is 10.6 Å². The number of hydrogen-bond acceptors (Lipinski definition) is 4. The van der Waals surface area contributed by atoms with Gasteiger partial charge in [-0.3, -0.25) is 0 Å².